The first-order valence-corrected chi connectivity index (χ1v) is 9.17. The highest BCUT2D eigenvalue weighted by atomic mass is 16.2. The maximum Gasteiger partial charge on any atom is 0.236 e. The van der Waals surface area contributed by atoms with Crippen LogP contribution in [0.3, 0.4) is 0 Å². The molecule has 1 amide bonds. The zero-order valence-corrected chi connectivity index (χ0v) is 14.6. The van der Waals surface area contributed by atoms with Crippen molar-refractivity contribution in [2.45, 2.75) is 45.6 Å². The van der Waals surface area contributed by atoms with Crippen molar-refractivity contribution >= 4 is 5.91 Å². The van der Waals surface area contributed by atoms with Gasteiger partial charge in [0.15, 0.2) is 0 Å². The fourth-order valence-electron chi connectivity index (χ4n) is 4.36. The fourth-order valence-corrected chi connectivity index (χ4v) is 4.36. The lowest BCUT2D eigenvalue weighted by atomic mass is 9.92. The highest BCUT2D eigenvalue weighted by molar-refractivity contribution is 5.78. The minimum atomic E-state index is 0.336. The Kier molecular flexibility index (Phi) is 5.37. The number of rotatable bonds is 4. The molecule has 23 heavy (non-hydrogen) atoms. The van der Waals surface area contributed by atoms with Gasteiger partial charge in [0.25, 0.3) is 0 Å². The molecule has 3 heteroatoms. The third-order valence-corrected chi connectivity index (χ3v) is 5.37. The molecule has 0 radical (unpaired) electrons. The Labute approximate surface area is 140 Å². The van der Waals surface area contributed by atoms with E-state index in [1.54, 1.807) is 0 Å². The summed E-state index contributed by atoms with van der Waals surface area (Å²) in [4.78, 5) is 17.3. The van der Waals surface area contributed by atoms with Crippen LogP contribution < -0.4 is 0 Å². The Morgan fingerprint density at radius 3 is 2.52 bits per heavy atom. The van der Waals surface area contributed by atoms with Gasteiger partial charge in [-0.05, 0) is 49.6 Å². The van der Waals surface area contributed by atoms with Crippen LogP contribution >= 0.6 is 0 Å². The molecule has 2 fully saturated rings. The van der Waals surface area contributed by atoms with E-state index < -0.39 is 0 Å². The van der Waals surface area contributed by atoms with Gasteiger partial charge in [-0.25, -0.2) is 0 Å². The second-order valence-corrected chi connectivity index (χ2v) is 7.70. The smallest absolute Gasteiger partial charge is 0.236 e. The lowest BCUT2D eigenvalue weighted by Crippen LogP contribution is -2.48. The molecular formula is C20H30N2O. The van der Waals surface area contributed by atoms with Crippen LogP contribution in [0.1, 0.15) is 38.7 Å². The molecule has 0 unspecified atom stereocenters. The van der Waals surface area contributed by atoms with Gasteiger partial charge in [-0.2, -0.15) is 0 Å². The quantitative estimate of drug-likeness (QED) is 0.852. The van der Waals surface area contributed by atoms with Crippen LogP contribution in [-0.2, 0) is 11.2 Å². The molecule has 2 aliphatic rings. The molecule has 0 aromatic heterocycles. The second kappa shape index (κ2) is 7.48. The molecule has 1 aromatic rings. The van der Waals surface area contributed by atoms with Gasteiger partial charge in [0.05, 0.1) is 6.54 Å². The molecular weight excluding hydrogens is 284 g/mol. The molecule has 3 rings (SSSR count). The van der Waals surface area contributed by atoms with Gasteiger partial charge in [0.1, 0.15) is 0 Å². The molecule has 0 bridgehead atoms. The number of carbonyl (C=O) groups is 1. The van der Waals surface area contributed by atoms with Gasteiger partial charge >= 0.3 is 0 Å². The number of amides is 1. The molecule has 2 heterocycles. The van der Waals surface area contributed by atoms with Gasteiger partial charge in [-0.15, -0.1) is 0 Å². The van der Waals surface area contributed by atoms with Crippen LogP contribution in [-0.4, -0.2) is 47.9 Å². The average molecular weight is 314 g/mol. The predicted molar refractivity (Wildman–Crippen MR) is 94.3 cm³/mol. The minimum Gasteiger partial charge on any atom is -0.341 e. The van der Waals surface area contributed by atoms with Crippen LogP contribution in [0.2, 0.25) is 0 Å². The number of piperidine rings is 1. The molecule has 1 aromatic carbocycles. The third kappa shape index (κ3) is 4.35. The van der Waals surface area contributed by atoms with Crippen molar-refractivity contribution in [2.24, 2.45) is 11.8 Å². The van der Waals surface area contributed by atoms with Crippen LogP contribution in [0, 0.1) is 11.8 Å². The normalized spacial score (nSPS) is 29.0. The molecule has 0 spiro atoms. The summed E-state index contributed by atoms with van der Waals surface area (Å²) in [5.41, 5.74) is 1.39. The molecule has 0 aliphatic carbocycles. The fraction of sp³-hybridized carbons (Fsp3) is 0.650. The van der Waals surface area contributed by atoms with Crippen LogP contribution in [0.25, 0.3) is 0 Å². The first-order chi connectivity index (χ1) is 11.1. The Morgan fingerprint density at radius 1 is 1.13 bits per heavy atom. The number of likely N-dealkylation sites (tertiary alicyclic amines) is 2. The van der Waals surface area contributed by atoms with Gasteiger partial charge in [0, 0.05) is 19.1 Å². The molecule has 0 saturated carbocycles. The van der Waals surface area contributed by atoms with Gasteiger partial charge in [-0.1, -0.05) is 44.2 Å². The van der Waals surface area contributed by atoms with Crippen LogP contribution in [0.15, 0.2) is 30.3 Å². The SMILES string of the molecule is C[C@@H]1C[C@H](C)CN(C(=O)CN2CCC[C@@H]2Cc2ccccc2)C1. The lowest BCUT2D eigenvalue weighted by Gasteiger charge is -2.36. The summed E-state index contributed by atoms with van der Waals surface area (Å²) in [5, 5.41) is 0. The van der Waals surface area contributed by atoms with E-state index in [2.05, 4.69) is 54.0 Å². The van der Waals surface area contributed by atoms with E-state index in [0.29, 0.717) is 30.3 Å². The van der Waals surface area contributed by atoms with Gasteiger partial charge in [0.2, 0.25) is 5.91 Å². The van der Waals surface area contributed by atoms with E-state index in [1.165, 1.54) is 24.8 Å². The average Bonchev–Trinajstić information content (AvgIpc) is 2.94. The predicted octanol–water partition coefficient (Wildman–Crippen LogP) is 3.20. The van der Waals surface area contributed by atoms with Crippen molar-refractivity contribution in [3.8, 4) is 0 Å². The van der Waals surface area contributed by atoms with Crippen molar-refractivity contribution in [3.63, 3.8) is 0 Å². The van der Waals surface area contributed by atoms with Crippen molar-refractivity contribution in [1.29, 1.82) is 0 Å². The maximum atomic E-state index is 12.7. The second-order valence-electron chi connectivity index (χ2n) is 7.70. The van der Waals surface area contributed by atoms with E-state index >= 15 is 0 Å². The molecule has 2 aliphatic heterocycles. The largest absolute Gasteiger partial charge is 0.341 e. The molecule has 3 atom stereocenters. The zero-order valence-electron chi connectivity index (χ0n) is 14.6. The Balaban J connectivity index is 1.56. The van der Waals surface area contributed by atoms with Gasteiger partial charge in [-0.3, -0.25) is 9.69 Å². The lowest BCUT2D eigenvalue weighted by molar-refractivity contribution is -0.135. The number of hydrogen-bond donors (Lipinski definition) is 0. The van der Waals surface area contributed by atoms with Crippen molar-refractivity contribution in [3.05, 3.63) is 35.9 Å². The molecule has 2 saturated heterocycles. The van der Waals surface area contributed by atoms with Crippen molar-refractivity contribution < 1.29 is 4.79 Å². The number of nitrogens with zero attached hydrogens (tertiary/aromatic N) is 2. The summed E-state index contributed by atoms with van der Waals surface area (Å²) in [6, 6.07) is 11.2. The third-order valence-electron chi connectivity index (χ3n) is 5.37. The standard InChI is InChI=1S/C20H30N2O/c1-16-11-17(2)14-22(13-16)20(23)15-21-10-6-9-19(21)12-18-7-4-3-5-8-18/h3-5,7-8,16-17,19H,6,9-15H2,1-2H3/t16-,17+,19-/m1/s1. The van der Waals surface area contributed by atoms with E-state index in [1.807, 2.05) is 0 Å². The summed E-state index contributed by atoms with van der Waals surface area (Å²) in [6.07, 6.45) is 4.76. The van der Waals surface area contributed by atoms with Crippen molar-refractivity contribution in [2.75, 3.05) is 26.2 Å². The number of benzene rings is 1. The first kappa shape index (κ1) is 16.5. The van der Waals surface area contributed by atoms with E-state index in [0.717, 1.165) is 26.1 Å². The highest BCUT2D eigenvalue weighted by Crippen LogP contribution is 2.24. The van der Waals surface area contributed by atoms with E-state index in [4.69, 9.17) is 0 Å². The topological polar surface area (TPSA) is 23.6 Å². The summed E-state index contributed by atoms with van der Waals surface area (Å²) in [6.45, 7) is 8.11. The Bertz CT molecular complexity index is 506. The van der Waals surface area contributed by atoms with Crippen molar-refractivity contribution in [1.82, 2.24) is 9.80 Å². The molecule has 0 N–H and O–H groups in total. The number of carbonyl (C=O) groups excluding carboxylic acids is 1. The first-order valence-electron chi connectivity index (χ1n) is 9.17. The molecule has 3 nitrogen and oxygen atoms in total. The van der Waals surface area contributed by atoms with E-state index in [-0.39, 0.29) is 0 Å². The Hall–Kier alpha value is -1.35. The zero-order chi connectivity index (χ0) is 16.2. The monoisotopic (exact) mass is 314 g/mol. The van der Waals surface area contributed by atoms with Crippen LogP contribution in [0.4, 0.5) is 0 Å². The summed E-state index contributed by atoms with van der Waals surface area (Å²) < 4.78 is 0. The highest BCUT2D eigenvalue weighted by Gasteiger charge is 2.30. The minimum absolute atomic E-state index is 0.336. The summed E-state index contributed by atoms with van der Waals surface area (Å²) in [7, 11) is 0. The van der Waals surface area contributed by atoms with E-state index in [9.17, 15) is 4.79 Å². The Morgan fingerprint density at radius 2 is 1.83 bits per heavy atom. The molecule has 126 valence electrons. The van der Waals surface area contributed by atoms with Gasteiger partial charge < -0.3 is 4.90 Å². The summed E-state index contributed by atoms with van der Waals surface area (Å²) >= 11 is 0. The maximum absolute atomic E-state index is 12.7. The summed E-state index contributed by atoms with van der Waals surface area (Å²) in [5.74, 6) is 1.62. The number of hydrogen-bond acceptors (Lipinski definition) is 2. The van der Waals surface area contributed by atoms with Crippen LogP contribution in [0.5, 0.6) is 0 Å².